The largest absolute Gasteiger partial charge is 0.206 e. The van der Waals surface area contributed by atoms with Crippen molar-refractivity contribution in [2.45, 2.75) is 70.6 Å². The van der Waals surface area contributed by atoms with E-state index < -0.39 is 0 Å². The Hall–Kier alpha value is -3.45. The topological polar surface area (TPSA) is 0 Å². The van der Waals surface area contributed by atoms with Crippen molar-refractivity contribution in [1.82, 2.24) is 0 Å². The second-order valence-electron chi connectivity index (χ2n) is 11.5. The summed E-state index contributed by atoms with van der Waals surface area (Å²) in [6.45, 7) is 4.56. The summed E-state index contributed by atoms with van der Waals surface area (Å²) in [5.41, 5.74) is 8.04. The summed E-state index contributed by atoms with van der Waals surface area (Å²) >= 11 is 0. The van der Waals surface area contributed by atoms with Crippen molar-refractivity contribution < 1.29 is 4.39 Å². The summed E-state index contributed by atoms with van der Waals surface area (Å²) in [6.07, 6.45) is 12.5. The number of halogens is 1. The highest BCUT2D eigenvalue weighted by Gasteiger charge is 2.22. The standard InChI is InChI=1S/C38H41F/c1-3-7-29-10-19-35(20-11-29)37-25-24-36(38(39)27-37)23-14-30-12-17-33(18-13-30)34-21-15-31(16-22-34)26-28(2)32-8-5-4-6-9-32/h4-6,8-9,12-18,21-25,27-29,35H,3,7,10-11,19-20,26H2,1-2H3/t28-,29?,35?/m1/s1. The lowest BCUT2D eigenvalue weighted by molar-refractivity contribution is 0.308. The molecule has 200 valence electrons. The van der Waals surface area contributed by atoms with E-state index in [0.29, 0.717) is 17.4 Å². The molecule has 1 fully saturated rings. The number of hydrogen-bond donors (Lipinski definition) is 0. The smallest absolute Gasteiger partial charge is 0.130 e. The summed E-state index contributed by atoms with van der Waals surface area (Å²) < 4.78 is 14.9. The van der Waals surface area contributed by atoms with Gasteiger partial charge in [0.2, 0.25) is 0 Å². The van der Waals surface area contributed by atoms with Crippen LogP contribution in [0.5, 0.6) is 0 Å². The minimum Gasteiger partial charge on any atom is -0.206 e. The van der Waals surface area contributed by atoms with Gasteiger partial charge in [-0.3, -0.25) is 0 Å². The zero-order chi connectivity index (χ0) is 27.0. The minimum absolute atomic E-state index is 0.113. The third-order valence-electron chi connectivity index (χ3n) is 8.60. The molecule has 0 amide bonds. The monoisotopic (exact) mass is 516 g/mol. The van der Waals surface area contributed by atoms with Crippen LogP contribution in [0, 0.1) is 11.7 Å². The second-order valence-corrected chi connectivity index (χ2v) is 11.5. The third kappa shape index (κ3) is 7.15. The fourth-order valence-electron chi connectivity index (χ4n) is 6.18. The van der Waals surface area contributed by atoms with Gasteiger partial charge in [0.05, 0.1) is 0 Å². The highest BCUT2D eigenvalue weighted by Crippen LogP contribution is 2.38. The Balaban J connectivity index is 1.18. The molecule has 0 saturated heterocycles. The van der Waals surface area contributed by atoms with E-state index in [4.69, 9.17) is 0 Å². The Labute approximate surface area is 234 Å². The lowest BCUT2D eigenvalue weighted by atomic mass is 9.77. The van der Waals surface area contributed by atoms with Gasteiger partial charge in [-0.25, -0.2) is 4.39 Å². The minimum atomic E-state index is -0.113. The number of hydrogen-bond acceptors (Lipinski definition) is 0. The summed E-state index contributed by atoms with van der Waals surface area (Å²) in [7, 11) is 0. The van der Waals surface area contributed by atoms with Crippen molar-refractivity contribution in [3.05, 3.63) is 131 Å². The molecule has 1 saturated carbocycles. The maximum absolute atomic E-state index is 14.9. The molecule has 4 aromatic rings. The molecule has 0 aromatic heterocycles. The summed E-state index contributed by atoms with van der Waals surface area (Å²) in [4.78, 5) is 0. The second kappa shape index (κ2) is 13.1. The van der Waals surface area contributed by atoms with Gasteiger partial charge < -0.3 is 0 Å². The Morgan fingerprint density at radius 2 is 1.44 bits per heavy atom. The van der Waals surface area contributed by atoms with Crippen LogP contribution in [0.4, 0.5) is 4.39 Å². The highest BCUT2D eigenvalue weighted by molar-refractivity contribution is 5.72. The maximum Gasteiger partial charge on any atom is 0.130 e. The summed E-state index contributed by atoms with van der Waals surface area (Å²) in [6, 6.07) is 34.0. The van der Waals surface area contributed by atoms with Crippen LogP contribution in [0.1, 0.15) is 92.0 Å². The molecule has 0 nitrogen and oxygen atoms in total. The van der Waals surface area contributed by atoms with Gasteiger partial charge in [-0.1, -0.05) is 130 Å². The molecule has 1 aliphatic carbocycles. The molecular weight excluding hydrogens is 475 g/mol. The molecule has 0 spiro atoms. The zero-order valence-corrected chi connectivity index (χ0v) is 23.5. The molecule has 0 N–H and O–H groups in total. The van der Waals surface area contributed by atoms with Gasteiger partial charge >= 0.3 is 0 Å². The quantitative estimate of drug-likeness (QED) is 0.194. The van der Waals surface area contributed by atoms with E-state index >= 15 is 0 Å². The van der Waals surface area contributed by atoms with E-state index in [2.05, 4.69) is 98.8 Å². The average Bonchev–Trinajstić information content (AvgIpc) is 2.98. The van der Waals surface area contributed by atoms with Crippen molar-refractivity contribution in [1.29, 1.82) is 0 Å². The molecule has 0 heterocycles. The molecule has 0 unspecified atom stereocenters. The molecule has 1 aliphatic rings. The molecule has 4 aromatic carbocycles. The van der Waals surface area contributed by atoms with Crippen molar-refractivity contribution in [2.24, 2.45) is 5.92 Å². The van der Waals surface area contributed by atoms with Gasteiger partial charge in [0.15, 0.2) is 0 Å². The van der Waals surface area contributed by atoms with Gasteiger partial charge in [-0.15, -0.1) is 0 Å². The van der Waals surface area contributed by atoms with E-state index in [9.17, 15) is 4.39 Å². The first-order chi connectivity index (χ1) is 19.1. The normalized spacial score (nSPS) is 18.3. The molecule has 5 rings (SSSR count). The van der Waals surface area contributed by atoms with Crippen molar-refractivity contribution in [2.75, 3.05) is 0 Å². The number of rotatable bonds is 9. The van der Waals surface area contributed by atoms with E-state index in [1.807, 2.05) is 18.2 Å². The Bertz CT molecular complexity index is 1340. The SMILES string of the molecule is CCCC1CCC(c2ccc(C=Cc3ccc(-c4ccc(C[C@@H](C)c5ccccc5)cc4)cc3)c(F)c2)CC1. The van der Waals surface area contributed by atoms with Crippen molar-refractivity contribution in [3.8, 4) is 11.1 Å². The lowest BCUT2D eigenvalue weighted by Gasteiger charge is -2.28. The zero-order valence-electron chi connectivity index (χ0n) is 23.5. The van der Waals surface area contributed by atoms with E-state index in [1.54, 1.807) is 6.07 Å². The van der Waals surface area contributed by atoms with Crippen LogP contribution in [0.2, 0.25) is 0 Å². The number of benzene rings is 4. The van der Waals surface area contributed by atoms with E-state index in [0.717, 1.165) is 17.9 Å². The first-order valence-electron chi connectivity index (χ1n) is 14.8. The Kier molecular flexibility index (Phi) is 9.09. The summed E-state index contributed by atoms with van der Waals surface area (Å²) in [5, 5.41) is 0. The van der Waals surface area contributed by atoms with Crippen LogP contribution < -0.4 is 0 Å². The molecule has 1 atom stereocenters. The first-order valence-corrected chi connectivity index (χ1v) is 14.8. The van der Waals surface area contributed by atoms with Crippen LogP contribution in [-0.2, 0) is 6.42 Å². The molecule has 1 heteroatoms. The molecule has 39 heavy (non-hydrogen) atoms. The van der Waals surface area contributed by atoms with Gasteiger partial charge in [-0.05, 0) is 89.3 Å². The van der Waals surface area contributed by atoms with Gasteiger partial charge in [-0.2, -0.15) is 0 Å². The lowest BCUT2D eigenvalue weighted by Crippen LogP contribution is -2.13. The predicted molar refractivity (Wildman–Crippen MR) is 165 cm³/mol. The highest BCUT2D eigenvalue weighted by atomic mass is 19.1. The van der Waals surface area contributed by atoms with Crippen molar-refractivity contribution in [3.63, 3.8) is 0 Å². The first kappa shape index (κ1) is 27.1. The van der Waals surface area contributed by atoms with Crippen LogP contribution in [0.25, 0.3) is 23.3 Å². The maximum atomic E-state index is 14.9. The average molecular weight is 517 g/mol. The van der Waals surface area contributed by atoms with Crippen molar-refractivity contribution >= 4 is 12.2 Å². The van der Waals surface area contributed by atoms with Gasteiger partial charge in [0.1, 0.15) is 5.82 Å². The summed E-state index contributed by atoms with van der Waals surface area (Å²) in [5.74, 6) is 1.77. The van der Waals surface area contributed by atoms with Gasteiger partial charge in [0.25, 0.3) is 0 Å². The molecule has 0 radical (unpaired) electrons. The van der Waals surface area contributed by atoms with Crippen LogP contribution in [0.15, 0.2) is 97.1 Å². The Morgan fingerprint density at radius 1 is 0.769 bits per heavy atom. The molecule has 0 aliphatic heterocycles. The van der Waals surface area contributed by atoms with Crippen LogP contribution in [0.3, 0.4) is 0 Å². The van der Waals surface area contributed by atoms with Crippen LogP contribution in [-0.4, -0.2) is 0 Å². The third-order valence-corrected chi connectivity index (χ3v) is 8.60. The van der Waals surface area contributed by atoms with Crippen LogP contribution >= 0.6 is 0 Å². The van der Waals surface area contributed by atoms with E-state index in [-0.39, 0.29) is 5.82 Å². The fraction of sp³-hybridized carbons (Fsp3) is 0.316. The van der Waals surface area contributed by atoms with E-state index in [1.165, 1.54) is 66.3 Å². The fourth-order valence-corrected chi connectivity index (χ4v) is 6.18. The molecular formula is C38H41F. The Morgan fingerprint density at radius 3 is 2.08 bits per heavy atom. The molecule has 0 bridgehead atoms. The predicted octanol–water partition coefficient (Wildman–Crippen LogP) is 11.1. The van der Waals surface area contributed by atoms with Gasteiger partial charge in [0, 0.05) is 5.56 Å².